The zero-order valence-electron chi connectivity index (χ0n) is 14.0. The Balaban J connectivity index is 2.45. The van der Waals surface area contributed by atoms with Crippen molar-refractivity contribution in [3.8, 4) is 11.5 Å². The second kappa shape index (κ2) is 8.18. The highest BCUT2D eigenvalue weighted by Gasteiger charge is 2.29. The molecule has 2 atom stereocenters. The molecule has 1 aliphatic heterocycles. The molecule has 0 saturated carbocycles. The molecule has 1 saturated heterocycles. The molecule has 0 spiro atoms. The molecule has 5 heteroatoms. The summed E-state index contributed by atoms with van der Waals surface area (Å²) in [6.45, 7) is 8.79. The van der Waals surface area contributed by atoms with Crippen LogP contribution >= 0.6 is 15.9 Å². The van der Waals surface area contributed by atoms with E-state index in [1.165, 1.54) is 5.56 Å². The number of piperazine rings is 1. The van der Waals surface area contributed by atoms with Crippen LogP contribution in [0.1, 0.15) is 31.9 Å². The minimum Gasteiger partial charge on any atom is -0.496 e. The molecular formula is C17H27BrN2O2. The van der Waals surface area contributed by atoms with Gasteiger partial charge in [-0.05, 0) is 34.0 Å². The second-order valence-corrected chi connectivity index (χ2v) is 6.70. The maximum Gasteiger partial charge on any atom is 0.133 e. The van der Waals surface area contributed by atoms with Gasteiger partial charge in [0.15, 0.2) is 0 Å². The second-order valence-electron chi connectivity index (χ2n) is 5.85. The van der Waals surface area contributed by atoms with E-state index < -0.39 is 0 Å². The fourth-order valence-electron chi connectivity index (χ4n) is 3.16. The number of benzene rings is 1. The number of hydrogen-bond acceptors (Lipinski definition) is 4. The monoisotopic (exact) mass is 370 g/mol. The highest BCUT2D eigenvalue weighted by atomic mass is 79.9. The van der Waals surface area contributed by atoms with Crippen LogP contribution in [-0.2, 0) is 0 Å². The molecule has 0 aliphatic carbocycles. The maximum absolute atomic E-state index is 5.66. The first kappa shape index (κ1) is 17.6. The highest BCUT2D eigenvalue weighted by molar-refractivity contribution is 9.10. The Hall–Kier alpha value is -0.780. The summed E-state index contributed by atoms with van der Waals surface area (Å²) in [6, 6.07) is 4.50. The molecule has 0 bridgehead atoms. The topological polar surface area (TPSA) is 33.7 Å². The van der Waals surface area contributed by atoms with Crippen molar-refractivity contribution < 1.29 is 9.47 Å². The van der Waals surface area contributed by atoms with Crippen LogP contribution in [0.25, 0.3) is 0 Å². The molecule has 1 heterocycles. The van der Waals surface area contributed by atoms with E-state index in [0.29, 0.717) is 12.0 Å². The summed E-state index contributed by atoms with van der Waals surface area (Å²) < 4.78 is 12.1. The van der Waals surface area contributed by atoms with Crippen LogP contribution in [-0.4, -0.2) is 45.3 Å². The van der Waals surface area contributed by atoms with Crippen LogP contribution in [0.2, 0.25) is 0 Å². The normalized spacial score (nSPS) is 18.8. The molecule has 0 radical (unpaired) electrons. The van der Waals surface area contributed by atoms with Crippen molar-refractivity contribution in [3.63, 3.8) is 0 Å². The Morgan fingerprint density at radius 1 is 1.18 bits per heavy atom. The van der Waals surface area contributed by atoms with Gasteiger partial charge in [-0.1, -0.05) is 20.3 Å². The fraction of sp³-hybridized carbons (Fsp3) is 0.647. The van der Waals surface area contributed by atoms with Gasteiger partial charge in [-0.3, -0.25) is 4.90 Å². The molecule has 0 amide bonds. The van der Waals surface area contributed by atoms with Crippen LogP contribution in [0.15, 0.2) is 16.6 Å². The van der Waals surface area contributed by atoms with Crippen molar-refractivity contribution in [2.75, 3.05) is 40.4 Å². The number of hydrogen-bond donors (Lipinski definition) is 1. The van der Waals surface area contributed by atoms with Gasteiger partial charge in [0.25, 0.3) is 0 Å². The molecule has 1 aromatic rings. The number of nitrogens with zero attached hydrogens (tertiary/aromatic N) is 1. The van der Waals surface area contributed by atoms with E-state index in [9.17, 15) is 0 Å². The van der Waals surface area contributed by atoms with Crippen molar-refractivity contribution in [2.24, 2.45) is 5.92 Å². The molecule has 1 fully saturated rings. The third-order valence-electron chi connectivity index (χ3n) is 4.55. The van der Waals surface area contributed by atoms with E-state index >= 15 is 0 Å². The lowest BCUT2D eigenvalue weighted by Gasteiger charge is -2.39. The lowest BCUT2D eigenvalue weighted by Crippen LogP contribution is -2.46. The van der Waals surface area contributed by atoms with E-state index in [4.69, 9.17) is 9.47 Å². The molecule has 1 unspecified atom stereocenters. The SMILES string of the molecule is CCC(C)[C@@H](c1cc(OC)c(Br)cc1OC)N1CCNCC1. The van der Waals surface area contributed by atoms with Gasteiger partial charge in [-0.25, -0.2) is 0 Å². The van der Waals surface area contributed by atoms with Crippen molar-refractivity contribution in [1.82, 2.24) is 10.2 Å². The van der Waals surface area contributed by atoms with E-state index in [2.05, 4.69) is 46.1 Å². The van der Waals surface area contributed by atoms with E-state index in [0.717, 1.165) is 48.6 Å². The summed E-state index contributed by atoms with van der Waals surface area (Å²) in [4.78, 5) is 2.57. The van der Waals surface area contributed by atoms with Crippen molar-refractivity contribution in [2.45, 2.75) is 26.3 Å². The minimum absolute atomic E-state index is 0.351. The zero-order valence-corrected chi connectivity index (χ0v) is 15.6. The molecule has 1 aliphatic rings. The number of ether oxygens (including phenoxy) is 2. The van der Waals surface area contributed by atoms with Gasteiger partial charge in [0.05, 0.1) is 18.7 Å². The first-order valence-corrected chi connectivity index (χ1v) is 8.77. The summed E-state index contributed by atoms with van der Waals surface area (Å²) in [6.07, 6.45) is 1.14. The third-order valence-corrected chi connectivity index (χ3v) is 5.17. The smallest absolute Gasteiger partial charge is 0.133 e. The summed E-state index contributed by atoms with van der Waals surface area (Å²) in [5, 5.41) is 3.43. The van der Waals surface area contributed by atoms with Crippen LogP contribution in [0.4, 0.5) is 0 Å². The standard InChI is InChI=1S/C17H27BrN2O2/c1-5-12(2)17(20-8-6-19-7-9-20)13-10-16(22-4)14(18)11-15(13)21-3/h10-12,17,19H,5-9H2,1-4H3/t12?,17-/m0/s1. The van der Waals surface area contributed by atoms with E-state index in [-0.39, 0.29) is 0 Å². The Kier molecular flexibility index (Phi) is 6.53. The van der Waals surface area contributed by atoms with Crippen molar-refractivity contribution in [1.29, 1.82) is 0 Å². The Morgan fingerprint density at radius 2 is 1.82 bits per heavy atom. The fourth-order valence-corrected chi connectivity index (χ4v) is 3.65. The number of methoxy groups -OCH3 is 2. The minimum atomic E-state index is 0.351. The molecule has 0 aromatic heterocycles. The largest absolute Gasteiger partial charge is 0.496 e. The molecule has 1 aromatic carbocycles. The Labute approximate surface area is 142 Å². The van der Waals surface area contributed by atoms with Crippen molar-refractivity contribution in [3.05, 3.63) is 22.2 Å². The summed E-state index contributed by atoms with van der Waals surface area (Å²) >= 11 is 3.55. The third kappa shape index (κ3) is 3.76. The Morgan fingerprint density at radius 3 is 2.36 bits per heavy atom. The Bertz CT molecular complexity index is 490. The van der Waals surface area contributed by atoms with Gasteiger partial charge in [0.1, 0.15) is 11.5 Å². The number of halogens is 1. The van der Waals surface area contributed by atoms with Crippen molar-refractivity contribution >= 4 is 15.9 Å². The van der Waals surface area contributed by atoms with Crippen LogP contribution in [0.5, 0.6) is 11.5 Å². The molecule has 124 valence electrons. The number of nitrogens with one attached hydrogen (secondary N) is 1. The number of rotatable bonds is 6. The van der Waals surface area contributed by atoms with Crippen LogP contribution in [0, 0.1) is 5.92 Å². The van der Waals surface area contributed by atoms with E-state index in [1.54, 1.807) is 14.2 Å². The zero-order chi connectivity index (χ0) is 16.1. The predicted octanol–water partition coefficient (Wildman–Crippen LogP) is 3.46. The molecule has 4 nitrogen and oxygen atoms in total. The predicted molar refractivity (Wildman–Crippen MR) is 93.9 cm³/mol. The lowest BCUT2D eigenvalue weighted by atomic mass is 9.89. The van der Waals surface area contributed by atoms with Gasteiger partial charge >= 0.3 is 0 Å². The quantitative estimate of drug-likeness (QED) is 0.831. The molecule has 2 rings (SSSR count). The average molecular weight is 371 g/mol. The van der Waals surface area contributed by atoms with Gasteiger partial charge in [-0.2, -0.15) is 0 Å². The average Bonchev–Trinajstić information content (AvgIpc) is 2.56. The van der Waals surface area contributed by atoms with Gasteiger partial charge in [0, 0.05) is 37.8 Å². The summed E-state index contributed by atoms with van der Waals surface area (Å²) in [7, 11) is 3.45. The van der Waals surface area contributed by atoms with Gasteiger partial charge in [-0.15, -0.1) is 0 Å². The molecular weight excluding hydrogens is 344 g/mol. The van der Waals surface area contributed by atoms with E-state index in [1.807, 2.05) is 6.07 Å². The van der Waals surface area contributed by atoms with Crippen LogP contribution in [0.3, 0.4) is 0 Å². The summed E-state index contributed by atoms with van der Waals surface area (Å²) in [5.74, 6) is 2.34. The molecule has 1 N–H and O–H groups in total. The van der Waals surface area contributed by atoms with Gasteiger partial charge < -0.3 is 14.8 Å². The first-order chi connectivity index (χ1) is 10.6. The lowest BCUT2D eigenvalue weighted by molar-refractivity contribution is 0.126. The van der Waals surface area contributed by atoms with Gasteiger partial charge in [0.2, 0.25) is 0 Å². The molecule has 22 heavy (non-hydrogen) atoms. The summed E-state index contributed by atoms with van der Waals surface area (Å²) in [5.41, 5.74) is 1.22. The maximum atomic E-state index is 5.66. The van der Waals surface area contributed by atoms with Crippen LogP contribution < -0.4 is 14.8 Å². The highest BCUT2D eigenvalue weighted by Crippen LogP contribution is 2.41. The first-order valence-electron chi connectivity index (χ1n) is 7.98.